The second kappa shape index (κ2) is 5.48. The van der Waals surface area contributed by atoms with Gasteiger partial charge in [0.25, 0.3) is 0 Å². The number of nitrogens with two attached hydrogens (primary N) is 1. The van der Waals surface area contributed by atoms with E-state index < -0.39 is 0 Å². The highest BCUT2D eigenvalue weighted by Crippen LogP contribution is 2.25. The number of para-hydroxylation sites is 1. The van der Waals surface area contributed by atoms with E-state index in [9.17, 15) is 5.26 Å². The van der Waals surface area contributed by atoms with Crippen LogP contribution in [-0.2, 0) is 0 Å². The maximum atomic E-state index is 9.25. The van der Waals surface area contributed by atoms with Gasteiger partial charge in [0.15, 0.2) is 0 Å². The first-order valence-electron chi connectivity index (χ1n) is 6.98. The van der Waals surface area contributed by atoms with Crippen molar-refractivity contribution in [1.82, 2.24) is 4.98 Å². The van der Waals surface area contributed by atoms with Crippen molar-refractivity contribution in [2.75, 3.05) is 0 Å². The summed E-state index contributed by atoms with van der Waals surface area (Å²) in [6, 6.07) is 11.9. The first kappa shape index (κ1) is 12.9. The largest absolute Gasteiger partial charge is 0.474 e. The molecule has 4 nitrogen and oxygen atoms in total. The predicted molar refractivity (Wildman–Crippen MR) is 77.3 cm³/mol. The number of nitriles is 1. The van der Waals surface area contributed by atoms with Crippen molar-refractivity contribution in [3.63, 3.8) is 0 Å². The third-order valence-corrected chi connectivity index (χ3v) is 3.82. The van der Waals surface area contributed by atoms with Crippen LogP contribution in [0.2, 0.25) is 0 Å². The lowest BCUT2D eigenvalue weighted by molar-refractivity contribution is 0.141. The predicted octanol–water partition coefficient (Wildman–Crippen LogP) is 2.76. The van der Waals surface area contributed by atoms with Crippen LogP contribution in [0.1, 0.15) is 31.2 Å². The van der Waals surface area contributed by atoms with Crippen LogP contribution in [-0.4, -0.2) is 17.1 Å². The Morgan fingerprint density at radius 1 is 1.20 bits per heavy atom. The third-order valence-electron chi connectivity index (χ3n) is 3.82. The second-order valence-electron chi connectivity index (χ2n) is 5.29. The molecule has 0 amide bonds. The van der Waals surface area contributed by atoms with Crippen molar-refractivity contribution in [3.8, 4) is 11.9 Å². The van der Waals surface area contributed by atoms with Crippen LogP contribution in [0, 0.1) is 11.3 Å². The highest BCUT2D eigenvalue weighted by Gasteiger charge is 2.20. The number of nitrogens with zero attached hydrogens (tertiary/aromatic N) is 2. The van der Waals surface area contributed by atoms with Crippen LogP contribution >= 0.6 is 0 Å². The van der Waals surface area contributed by atoms with Crippen molar-refractivity contribution >= 4 is 10.9 Å². The van der Waals surface area contributed by atoms with Crippen LogP contribution in [0.5, 0.6) is 5.88 Å². The first-order valence-corrected chi connectivity index (χ1v) is 6.98. The van der Waals surface area contributed by atoms with Gasteiger partial charge in [-0.1, -0.05) is 18.2 Å². The minimum atomic E-state index is 0.162. The van der Waals surface area contributed by atoms with E-state index in [0.29, 0.717) is 17.5 Å². The molecule has 4 heteroatoms. The molecule has 2 aromatic rings. The Bertz CT molecular complexity index is 654. The summed E-state index contributed by atoms with van der Waals surface area (Å²) >= 11 is 0. The van der Waals surface area contributed by atoms with Gasteiger partial charge in [-0.3, -0.25) is 0 Å². The molecule has 102 valence electrons. The fourth-order valence-electron chi connectivity index (χ4n) is 2.68. The van der Waals surface area contributed by atoms with E-state index in [1.807, 2.05) is 24.3 Å². The molecule has 0 unspecified atom stereocenters. The van der Waals surface area contributed by atoms with Gasteiger partial charge in [0, 0.05) is 17.5 Å². The smallest absolute Gasteiger partial charge is 0.215 e. The van der Waals surface area contributed by atoms with Gasteiger partial charge in [-0.2, -0.15) is 5.26 Å². The molecule has 0 atom stereocenters. The molecule has 2 N–H and O–H groups in total. The molecule has 0 spiro atoms. The molecule has 3 rings (SSSR count). The molecule has 0 bridgehead atoms. The molecule has 1 saturated carbocycles. The van der Waals surface area contributed by atoms with Crippen molar-refractivity contribution in [2.24, 2.45) is 5.73 Å². The molecular formula is C16H17N3O. The normalized spacial score (nSPS) is 22.4. The van der Waals surface area contributed by atoms with Gasteiger partial charge in [0.1, 0.15) is 12.2 Å². The Morgan fingerprint density at radius 3 is 2.70 bits per heavy atom. The monoisotopic (exact) mass is 267 g/mol. The topological polar surface area (TPSA) is 71.9 Å². The lowest BCUT2D eigenvalue weighted by Crippen LogP contribution is -2.31. The maximum Gasteiger partial charge on any atom is 0.215 e. The van der Waals surface area contributed by atoms with Crippen molar-refractivity contribution in [3.05, 3.63) is 35.9 Å². The Morgan fingerprint density at radius 2 is 1.95 bits per heavy atom. The number of ether oxygens (including phenoxy) is 1. The lowest BCUT2D eigenvalue weighted by Gasteiger charge is -2.26. The Kier molecular flexibility index (Phi) is 3.53. The molecule has 1 aliphatic carbocycles. The zero-order valence-corrected chi connectivity index (χ0v) is 11.2. The molecule has 1 aliphatic rings. The zero-order valence-electron chi connectivity index (χ0n) is 11.2. The van der Waals surface area contributed by atoms with Crippen LogP contribution < -0.4 is 10.5 Å². The van der Waals surface area contributed by atoms with E-state index in [4.69, 9.17) is 10.5 Å². The fourth-order valence-corrected chi connectivity index (χ4v) is 2.68. The summed E-state index contributed by atoms with van der Waals surface area (Å²) in [6.45, 7) is 0. The second-order valence-corrected chi connectivity index (χ2v) is 5.29. The van der Waals surface area contributed by atoms with E-state index in [-0.39, 0.29) is 6.10 Å². The first-order chi connectivity index (χ1) is 9.76. The SMILES string of the molecule is N#Cc1cc(OC2CCC(N)CC2)nc2ccccc12. The van der Waals surface area contributed by atoms with Crippen molar-refractivity contribution < 1.29 is 4.74 Å². The standard InChI is InChI=1S/C16H17N3O/c17-10-11-9-16(19-15-4-2-1-3-14(11)15)20-13-7-5-12(18)6-8-13/h1-4,9,12-13H,5-8,18H2. The van der Waals surface area contributed by atoms with E-state index in [0.717, 1.165) is 36.6 Å². The van der Waals surface area contributed by atoms with Gasteiger partial charge in [0.05, 0.1) is 11.1 Å². The molecule has 1 fully saturated rings. The van der Waals surface area contributed by atoms with Gasteiger partial charge in [-0.15, -0.1) is 0 Å². The van der Waals surface area contributed by atoms with Gasteiger partial charge < -0.3 is 10.5 Å². The van der Waals surface area contributed by atoms with Crippen molar-refractivity contribution in [2.45, 2.75) is 37.8 Å². The summed E-state index contributed by atoms with van der Waals surface area (Å²) in [5.74, 6) is 0.542. The lowest BCUT2D eigenvalue weighted by atomic mass is 9.94. The van der Waals surface area contributed by atoms with E-state index >= 15 is 0 Å². The number of rotatable bonds is 2. The molecule has 20 heavy (non-hydrogen) atoms. The van der Waals surface area contributed by atoms with Gasteiger partial charge >= 0.3 is 0 Å². The Labute approximate surface area is 118 Å². The van der Waals surface area contributed by atoms with Crippen LogP contribution in [0.3, 0.4) is 0 Å². The average Bonchev–Trinajstić information content (AvgIpc) is 2.49. The highest BCUT2D eigenvalue weighted by molar-refractivity contribution is 5.85. The maximum absolute atomic E-state index is 9.25. The summed E-state index contributed by atoms with van der Waals surface area (Å²) < 4.78 is 5.94. The third kappa shape index (κ3) is 2.59. The number of fused-ring (bicyclic) bond motifs is 1. The summed E-state index contributed by atoms with van der Waals surface area (Å²) in [7, 11) is 0. The summed E-state index contributed by atoms with van der Waals surface area (Å²) in [6.07, 6.45) is 4.05. The summed E-state index contributed by atoms with van der Waals surface area (Å²) in [4.78, 5) is 4.49. The minimum Gasteiger partial charge on any atom is -0.474 e. The molecule has 1 heterocycles. The van der Waals surface area contributed by atoms with Crippen LogP contribution in [0.4, 0.5) is 0 Å². The number of pyridine rings is 1. The quantitative estimate of drug-likeness (QED) is 0.908. The van der Waals surface area contributed by atoms with Crippen LogP contribution in [0.15, 0.2) is 30.3 Å². The van der Waals surface area contributed by atoms with Gasteiger partial charge in [0.2, 0.25) is 5.88 Å². The average molecular weight is 267 g/mol. The van der Waals surface area contributed by atoms with Crippen LogP contribution in [0.25, 0.3) is 10.9 Å². The number of hydrogen-bond acceptors (Lipinski definition) is 4. The van der Waals surface area contributed by atoms with Crippen molar-refractivity contribution in [1.29, 1.82) is 5.26 Å². The molecule has 1 aromatic heterocycles. The highest BCUT2D eigenvalue weighted by atomic mass is 16.5. The molecule has 0 saturated heterocycles. The minimum absolute atomic E-state index is 0.162. The summed E-state index contributed by atoms with van der Waals surface area (Å²) in [5.41, 5.74) is 7.31. The molecular weight excluding hydrogens is 250 g/mol. The molecule has 0 radical (unpaired) electrons. The zero-order chi connectivity index (χ0) is 13.9. The molecule has 0 aliphatic heterocycles. The fraction of sp³-hybridized carbons (Fsp3) is 0.375. The Balaban J connectivity index is 1.87. The number of hydrogen-bond donors (Lipinski definition) is 1. The van der Waals surface area contributed by atoms with E-state index in [1.54, 1.807) is 6.07 Å². The van der Waals surface area contributed by atoms with E-state index in [1.165, 1.54) is 0 Å². The Hall–Kier alpha value is -2.12. The molecule has 1 aromatic carbocycles. The number of benzene rings is 1. The van der Waals surface area contributed by atoms with Gasteiger partial charge in [-0.05, 0) is 31.7 Å². The number of aromatic nitrogens is 1. The summed E-state index contributed by atoms with van der Waals surface area (Å²) in [5, 5.41) is 10.1. The van der Waals surface area contributed by atoms with E-state index in [2.05, 4.69) is 11.1 Å². The van der Waals surface area contributed by atoms with Gasteiger partial charge in [-0.25, -0.2) is 4.98 Å².